The van der Waals surface area contributed by atoms with E-state index >= 15 is 0 Å². The molecule has 0 amide bonds. The van der Waals surface area contributed by atoms with Gasteiger partial charge in [-0.3, -0.25) is 9.55 Å². The van der Waals surface area contributed by atoms with E-state index in [1.807, 2.05) is 24.3 Å². The summed E-state index contributed by atoms with van der Waals surface area (Å²) in [6.07, 6.45) is 6.02. The predicted molar refractivity (Wildman–Crippen MR) is 133 cm³/mol. The summed E-state index contributed by atoms with van der Waals surface area (Å²) in [6.45, 7) is 0.178. The summed E-state index contributed by atoms with van der Waals surface area (Å²) in [6, 6.07) is 21.5. The molecule has 2 aromatic carbocycles. The molecule has 6 nitrogen and oxygen atoms in total. The van der Waals surface area contributed by atoms with Gasteiger partial charge in [-0.1, -0.05) is 79.0 Å². The van der Waals surface area contributed by atoms with Crippen molar-refractivity contribution in [1.29, 1.82) is 0 Å². The minimum atomic E-state index is -0.526. The Hall–Kier alpha value is -4.10. The zero-order valence-corrected chi connectivity index (χ0v) is 19.2. The second kappa shape index (κ2) is 9.03. The number of H-pyrrole nitrogens is 1. The molecule has 0 saturated heterocycles. The van der Waals surface area contributed by atoms with Gasteiger partial charge in [0.2, 0.25) is 0 Å². The van der Waals surface area contributed by atoms with E-state index in [1.165, 1.54) is 11.7 Å². The quantitative estimate of drug-likeness (QED) is 0.304. The summed E-state index contributed by atoms with van der Waals surface area (Å²) >= 11 is 5.65. The van der Waals surface area contributed by atoms with E-state index < -0.39 is 5.97 Å². The highest BCUT2D eigenvalue weighted by Crippen LogP contribution is 2.39. The number of benzene rings is 2. The molecule has 1 aliphatic carbocycles. The molecule has 0 saturated carbocycles. The summed E-state index contributed by atoms with van der Waals surface area (Å²) in [4.78, 5) is 31.9. The smallest absolute Gasteiger partial charge is 0.356 e. The Balaban J connectivity index is 1.65. The minimum absolute atomic E-state index is 0.160. The fourth-order valence-electron chi connectivity index (χ4n) is 4.34. The minimum Gasteiger partial charge on any atom is -0.464 e. The monoisotopic (exact) mass is 467 g/mol. The zero-order valence-electron chi connectivity index (χ0n) is 18.4. The molecule has 4 aromatic rings. The van der Waals surface area contributed by atoms with Crippen LogP contribution in [0.4, 0.5) is 0 Å². The first kappa shape index (κ1) is 21.7. The highest BCUT2D eigenvalue weighted by molar-refractivity contribution is 7.71. The predicted octanol–water partition coefficient (Wildman–Crippen LogP) is 4.80. The van der Waals surface area contributed by atoms with Crippen LogP contribution in [0.15, 0.2) is 77.7 Å². The van der Waals surface area contributed by atoms with E-state index in [9.17, 15) is 9.59 Å². The topological polar surface area (TPSA) is 77.0 Å². The third-order valence-corrected chi connectivity index (χ3v) is 6.28. The van der Waals surface area contributed by atoms with Crippen molar-refractivity contribution in [1.82, 2.24) is 14.5 Å². The Morgan fingerprint density at radius 2 is 1.62 bits per heavy atom. The number of aromatic nitrogens is 3. The van der Waals surface area contributed by atoms with Crippen molar-refractivity contribution in [2.75, 3.05) is 7.11 Å². The number of nitrogens with one attached hydrogen (secondary N) is 1. The molecule has 168 valence electrons. The number of nitrogens with zero attached hydrogens (tertiary/aromatic N) is 2. The van der Waals surface area contributed by atoms with E-state index in [0.29, 0.717) is 10.3 Å². The van der Waals surface area contributed by atoms with Gasteiger partial charge < -0.3 is 4.74 Å². The number of ether oxygens (including phenoxy) is 1. The fraction of sp³-hybridized carbons (Fsp3) is 0.111. The lowest BCUT2D eigenvalue weighted by Crippen LogP contribution is -2.26. The van der Waals surface area contributed by atoms with Gasteiger partial charge in [0, 0.05) is 17.7 Å². The largest absolute Gasteiger partial charge is 0.464 e. The molecular weight excluding hydrogens is 446 g/mol. The van der Waals surface area contributed by atoms with Gasteiger partial charge in [0.25, 0.3) is 0 Å². The van der Waals surface area contributed by atoms with Gasteiger partial charge in [0.05, 0.1) is 19.3 Å². The van der Waals surface area contributed by atoms with Crippen molar-refractivity contribution in [3.8, 4) is 0 Å². The Bertz CT molecular complexity index is 1500. The van der Waals surface area contributed by atoms with Gasteiger partial charge >= 0.3 is 11.7 Å². The molecular formula is C27H21N3O3S. The number of pyridine rings is 1. The van der Waals surface area contributed by atoms with Crippen molar-refractivity contribution in [3.63, 3.8) is 0 Å². The number of fused-ring (bicyclic) bond motifs is 2. The third kappa shape index (κ3) is 4.02. The molecule has 1 aliphatic rings. The maximum atomic E-state index is 12.8. The molecule has 34 heavy (non-hydrogen) atoms. The molecule has 5 rings (SSSR count). The van der Waals surface area contributed by atoms with Crippen LogP contribution in [-0.4, -0.2) is 27.6 Å². The molecule has 0 radical (unpaired) electrons. The average molecular weight is 468 g/mol. The lowest BCUT2D eigenvalue weighted by molar-refractivity contribution is 0.0593. The normalized spacial score (nSPS) is 12.5. The summed E-state index contributed by atoms with van der Waals surface area (Å²) in [5, 5.41) is 0. The average Bonchev–Trinajstić information content (AvgIpc) is 3.02. The number of methoxy groups -OCH3 is 1. The highest BCUT2D eigenvalue weighted by atomic mass is 32.1. The first-order chi connectivity index (χ1) is 16.5. The Labute approximate surface area is 201 Å². The van der Waals surface area contributed by atoms with Crippen molar-refractivity contribution < 1.29 is 9.53 Å². The van der Waals surface area contributed by atoms with Crippen LogP contribution in [0.1, 0.15) is 49.9 Å². The first-order valence-corrected chi connectivity index (χ1v) is 11.2. The summed E-state index contributed by atoms with van der Waals surface area (Å²) in [5.41, 5.74) is 5.65. The number of carbonyl (C=O) groups is 1. The molecule has 0 atom stereocenters. The standard InChI is InChI=1S/C27H21N3O3S/c1-33-26(31)23-12-6-9-19(28-23)15-30-16-22(25(34)29-27(30)32)24-20-10-4-2-7-17(20)13-14-18-8-3-5-11-21(18)24/h2-14,16,24H,15H2,1H3,(H,29,32,34). The van der Waals surface area contributed by atoms with Crippen molar-refractivity contribution >= 4 is 30.3 Å². The molecule has 0 aliphatic heterocycles. The molecule has 7 heteroatoms. The molecule has 1 N–H and O–H groups in total. The van der Waals surface area contributed by atoms with Crippen LogP contribution in [0.25, 0.3) is 12.2 Å². The van der Waals surface area contributed by atoms with Crippen LogP contribution in [0.3, 0.4) is 0 Å². The number of hydrogen-bond acceptors (Lipinski definition) is 5. The van der Waals surface area contributed by atoms with Gasteiger partial charge in [-0.05, 0) is 34.4 Å². The van der Waals surface area contributed by atoms with E-state index in [4.69, 9.17) is 17.0 Å². The zero-order chi connectivity index (χ0) is 23.7. The van der Waals surface area contributed by atoms with Crippen LogP contribution < -0.4 is 5.69 Å². The SMILES string of the molecule is COC(=O)c1cccc(Cn2cc(C3c4ccccc4C=Cc4ccccc43)c(=S)[nH]c2=O)n1. The fourth-order valence-corrected chi connectivity index (χ4v) is 4.60. The number of rotatable bonds is 4. The first-order valence-electron chi connectivity index (χ1n) is 10.8. The third-order valence-electron chi connectivity index (χ3n) is 5.94. The van der Waals surface area contributed by atoms with Gasteiger partial charge in [-0.2, -0.15) is 0 Å². The highest BCUT2D eigenvalue weighted by Gasteiger charge is 2.25. The van der Waals surface area contributed by atoms with Gasteiger partial charge in [0.15, 0.2) is 0 Å². The number of carbonyl (C=O) groups excluding carboxylic acids is 1. The summed E-state index contributed by atoms with van der Waals surface area (Å²) in [7, 11) is 1.31. The summed E-state index contributed by atoms with van der Waals surface area (Å²) < 4.78 is 6.70. The lowest BCUT2D eigenvalue weighted by Gasteiger charge is -2.22. The molecule has 2 heterocycles. The van der Waals surface area contributed by atoms with Crippen molar-refractivity contribution in [2.24, 2.45) is 0 Å². The molecule has 0 unspecified atom stereocenters. The van der Waals surface area contributed by atoms with E-state index in [0.717, 1.165) is 27.8 Å². The molecule has 0 spiro atoms. The van der Waals surface area contributed by atoms with Crippen LogP contribution >= 0.6 is 12.2 Å². The molecule has 0 bridgehead atoms. The lowest BCUT2D eigenvalue weighted by atomic mass is 9.83. The summed E-state index contributed by atoms with van der Waals surface area (Å²) in [5.74, 6) is -0.686. The number of esters is 1. The van der Waals surface area contributed by atoms with Crippen LogP contribution in [0.2, 0.25) is 0 Å². The van der Waals surface area contributed by atoms with Crippen LogP contribution in [0, 0.1) is 4.64 Å². The van der Waals surface area contributed by atoms with E-state index in [1.54, 1.807) is 24.4 Å². The number of aromatic amines is 1. The van der Waals surface area contributed by atoms with E-state index in [-0.39, 0.29) is 23.8 Å². The maximum Gasteiger partial charge on any atom is 0.356 e. The van der Waals surface area contributed by atoms with Gasteiger partial charge in [-0.15, -0.1) is 0 Å². The Morgan fingerprint density at radius 3 is 2.26 bits per heavy atom. The van der Waals surface area contributed by atoms with E-state index in [2.05, 4.69) is 46.4 Å². The van der Waals surface area contributed by atoms with Gasteiger partial charge in [0.1, 0.15) is 10.3 Å². The van der Waals surface area contributed by atoms with Crippen molar-refractivity contribution in [3.05, 3.63) is 127 Å². The molecule has 2 aromatic heterocycles. The maximum absolute atomic E-state index is 12.8. The Morgan fingerprint density at radius 1 is 0.971 bits per heavy atom. The number of hydrogen-bond donors (Lipinski definition) is 1. The van der Waals surface area contributed by atoms with Crippen LogP contribution in [0.5, 0.6) is 0 Å². The molecule has 0 fully saturated rings. The van der Waals surface area contributed by atoms with Crippen LogP contribution in [-0.2, 0) is 11.3 Å². The van der Waals surface area contributed by atoms with Gasteiger partial charge in [-0.25, -0.2) is 14.6 Å². The second-order valence-corrected chi connectivity index (χ2v) is 8.41. The van der Waals surface area contributed by atoms with Crippen molar-refractivity contribution in [2.45, 2.75) is 12.5 Å². The second-order valence-electron chi connectivity index (χ2n) is 8.00. The Kier molecular flexibility index (Phi) is 5.77.